The minimum absolute atomic E-state index is 0.00256. The Morgan fingerprint density at radius 3 is 2.64 bits per heavy atom. The summed E-state index contributed by atoms with van der Waals surface area (Å²) in [5.41, 5.74) is 2.13. The van der Waals surface area contributed by atoms with E-state index in [0.29, 0.717) is 17.3 Å². The van der Waals surface area contributed by atoms with Crippen LogP contribution in [0.2, 0.25) is 5.02 Å². The molecular formula is C18H20ClNO2. The quantitative estimate of drug-likeness (QED) is 0.876. The van der Waals surface area contributed by atoms with Gasteiger partial charge >= 0.3 is 0 Å². The molecule has 1 N–H and O–H groups in total. The highest BCUT2D eigenvalue weighted by atomic mass is 35.5. The Balaban J connectivity index is 1.77. The van der Waals surface area contributed by atoms with Gasteiger partial charge in [-0.15, -0.1) is 0 Å². The fraction of sp³-hybridized carbons (Fsp3) is 0.278. The van der Waals surface area contributed by atoms with Crippen LogP contribution in [-0.4, -0.2) is 19.1 Å². The third-order valence-electron chi connectivity index (χ3n) is 3.47. The lowest BCUT2D eigenvalue weighted by molar-refractivity contribution is -0.123. The van der Waals surface area contributed by atoms with Gasteiger partial charge in [0, 0.05) is 11.6 Å². The van der Waals surface area contributed by atoms with E-state index in [4.69, 9.17) is 16.3 Å². The second-order valence-corrected chi connectivity index (χ2v) is 5.72. The highest BCUT2D eigenvalue weighted by Crippen LogP contribution is 2.20. The van der Waals surface area contributed by atoms with Crippen LogP contribution in [-0.2, 0) is 4.79 Å². The molecule has 0 bridgehead atoms. The zero-order valence-corrected chi connectivity index (χ0v) is 13.6. The van der Waals surface area contributed by atoms with E-state index in [-0.39, 0.29) is 18.4 Å². The zero-order chi connectivity index (χ0) is 15.9. The maximum Gasteiger partial charge on any atom is 0.257 e. The average molecular weight is 318 g/mol. The standard InChI is InChI=1S/C18H20ClNO2/c1-13-10-16(8-9-17(13)19)22-12-18(21)20-11-14(2)15-6-4-3-5-7-15/h3-10,14H,11-12H2,1-2H3,(H,20,21). The molecule has 0 heterocycles. The number of benzene rings is 2. The number of rotatable bonds is 6. The average Bonchev–Trinajstić information content (AvgIpc) is 2.54. The molecule has 0 aliphatic carbocycles. The smallest absolute Gasteiger partial charge is 0.257 e. The molecule has 3 nitrogen and oxygen atoms in total. The first kappa shape index (κ1) is 16.4. The van der Waals surface area contributed by atoms with Crippen LogP contribution in [0.15, 0.2) is 48.5 Å². The fourth-order valence-electron chi connectivity index (χ4n) is 2.07. The van der Waals surface area contributed by atoms with E-state index in [1.54, 1.807) is 12.1 Å². The van der Waals surface area contributed by atoms with Gasteiger partial charge in [0.05, 0.1) is 0 Å². The number of hydrogen-bond donors (Lipinski definition) is 1. The molecule has 22 heavy (non-hydrogen) atoms. The lowest BCUT2D eigenvalue weighted by atomic mass is 10.0. The molecule has 116 valence electrons. The maximum atomic E-state index is 11.8. The molecule has 1 atom stereocenters. The molecule has 0 saturated carbocycles. The van der Waals surface area contributed by atoms with Crippen molar-refractivity contribution in [3.05, 3.63) is 64.7 Å². The Hall–Kier alpha value is -2.00. The van der Waals surface area contributed by atoms with Crippen LogP contribution in [0.1, 0.15) is 24.0 Å². The molecule has 2 rings (SSSR count). The van der Waals surface area contributed by atoms with Crippen molar-refractivity contribution in [3.8, 4) is 5.75 Å². The van der Waals surface area contributed by atoms with Gasteiger partial charge in [-0.2, -0.15) is 0 Å². The molecular weight excluding hydrogens is 298 g/mol. The number of aryl methyl sites for hydroxylation is 1. The summed E-state index contributed by atoms with van der Waals surface area (Å²) in [6.07, 6.45) is 0. The third-order valence-corrected chi connectivity index (χ3v) is 3.90. The Morgan fingerprint density at radius 2 is 1.95 bits per heavy atom. The monoisotopic (exact) mass is 317 g/mol. The zero-order valence-electron chi connectivity index (χ0n) is 12.8. The normalized spacial score (nSPS) is 11.8. The summed E-state index contributed by atoms with van der Waals surface area (Å²) in [5.74, 6) is 0.784. The van der Waals surface area contributed by atoms with Crippen molar-refractivity contribution in [1.82, 2.24) is 5.32 Å². The summed E-state index contributed by atoms with van der Waals surface area (Å²) in [6, 6.07) is 15.4. The molecule has 2 aromatic carbocycles. The van der Waals surface area contributed by atoms with Crippen LogP contribution >= 0.6 is 11.6 Å². The van der Waals surface area contributed by atoms with Crippen molar-refractivity contribution >= 4 is 17.5 Å². The van der Waals surface area contributed by atoms with Gasteiger partial charge in [0.2, 0.25) is 0 Å². The second kappa shape index (κ2) is 7.85. The molecule has 1 amide bonds. The molecule has 4 heteroatoms. The largest absolute Gasteiger partial charge is 0.484 e. The van der Waals surface area contributed by atoms with Crippen LogP contribution in [0.5, 0.6) is 5.75 Å². The Labute approximate surface area is 136 Å². The van der Waals surface area contributed by atoms with E-state index in [1.807, 2.05) is 31.2 Å². The van der Waals surface area contributed by atoms with Gasteiger partial charge in [0.15, 0.2) is 6.61 Å². The minimum atomic E-state index is -0.129. The lowest BCUT2D eigenvalue weighted by Gasteiger charge is -2.13. The maximum absolute atomic E-state index is 11.8. The Kier molecular flexibility index (Phi) is 5.84. The van der Waals surface area contributed by atoms with Gasteiger partial charge in [0.25, 0.3) is 5.91 Å². The summed E-state index contributed by atoms with van der Waals surface area (Å²) >= 11 is 5.95. The van der Waals surface area contributed by atoms with E-state index in [2.05, 4.69) is 24.4 Å². The number of carbonyl (C=O) groups is 1. The number of ether oxygens (including phenoxy) is 1. The van der Waals surface area contributed by atoms with E-state index >= 15 is 0 Å². The first-order chi connectivity index (χ1) is 10.6. The summed E-state index contributed by atoms with van der Waals surface area (Å²) in [4.78, 5) is 11.8. The summed E-state index contributed by atoms with van der Waals surface area (Å²) in [5, 5.41) is 3.58. The predicted octanol–water partition coefficient (Wildman–Crippen LogP) is 3.95. The minimum Gasteiger partial charge on any atom is -0.484 e. The van der Waals surface area contributed by atoms with Gasteiger partial charge in [-0.1, -0.05) is 48.9 Å². The molecule has 0 aliphatic heterocycles. The Morgan fingerprint density at radius 1 is 1.23 bits per heavy atom. The van der Waals surface area contributed by atoms with Crippen molar-refractivity contribution in [3.63, 3.8) is 0 Å². The molecule has 2 aromatic rings. The molecule has 0 spiro atoms. The van der Waals surface area contributed by atoms with Gasteiger partial charge in [-0.25, -0.2) is 0 Å². The lowest BCUT2D eigenvalue weighted by Crippen LogP contribution is -2.31. The van der Waals surface area contributed by atoms with Crippen molar-refractivity contribution in [2.45, 2.75) is 19.8 Å². The van der Waals surface area contributed by atoms with Crippen LogP contribution in [0.25, 0.3) is 0 Å². The highest BCUT2D eigenvalue weighted by molar-refractivity contribution is 6.31. The van der Waals surface area contributed by atoms with Crippen molar-refractivity contribution in [2.24, 2.45) is 0 Å². The van der Waals surface area contributed by atoms with Gasteiger partial charge in [-0.3, -0.25) is 4.79 Å². The summed E-state index contributed by atoms with van der Waals surface area (Å²) in [7, 11) is 0. The predicted molar refractivity (Wildman–Crippen MR) is 89.6 cm³/mol. The van der Waals surface area contributed by atoms with Crippen LogP contribution < -0.4 is 10.1 Å². The van der Waals surface area contributed by atoms with Crippen LogP contribution in [0.3, 0.4) is 0 Å². The second-order valence-electron chi connectivity index (χ2n) is 5.32. The van der Waals surface area contributed by atoms with E-state index in [9.17, 15) is 4.79 Å². The number of amides is 1. The van der Waals surface area contributed by atoms with Crippen LogP contribution in [0, 0.1) is 6.92 Å². The number of carbonyl (C=O) groups excluding carboxylic acids is 1. The Bertz CT molecular complexity index is 628. The van der Waals surface area contributed by atoms with Gasteiger partial charge in [-0.05, 0) is 42.2 Å². The molecule has 0 radical (unpaired) electrons. The summed E-state index contributed by atoms with van der Waals surface area (Å²) in [6.45, 7) is 4.57. The van der Waals surface area contributed by atoms with Crippen molar-refractivity contribution < 1.29 is 9.53 Å². The first-order valence-electron chi connectivity index (χ1n) is 7.27. The topological polar surface area (TPSA) is 38.3 Å². The summed E-state index contributed by atoms with van der Waals surface area (Å²) < 4.78 is 5.47. The number of nitrogens with one attached hydrogen (secondary N) is 1. The fourth-order valence-corrected chi connectivity index (χ4v) is 2.19. The molecule has 1 unspecified atom stereocenters. The van der Waals surface area contributed by atoms with Crippen LogP contribution in [0.4, 0.5) is 0 Å². The SMILES string of the molecule is Cc1cc(OCC(=O)NCC(C)c2ccccc2)ccc1Cl. The van der Waals surface area contributed by atoms with E-state index < -0.39 is 0 Å². The molecule has 0 aromatic heterocycles. The number of hydrogen-bond acceptors (Lipinski definition) is 2. The highest BCUT2D eigenvalue weighted by Gasteiger charge is 2.08. The van der Waals surface area contributed by atoms with Crippen molar-refractivity contribution in [2.75, 3.05) is 13.2 Å². The third kappa shape index (κ3) is 4.78. The molecule has 0 aliphatic rings. The van der Waals surface area contributed by atoms with E-state index in [1.165, 1.54) is 5.56 Å². The number of halogens is 1. The van der Waals surface area contributed by atoms with E-state index in [0.717, 1.165) is 5.56 Å². The van der Waals surface area contributed by atoms with Gasteiger partial charge in [0.1, 0.15) is 5.75 Å². The molecule has 0 fully saturated rings. The first-order valence-corrected chi connectivity index (χ1v) is 7.64. The molecule has 0 saturated heterocycles. The van der Waals surface area contributed by atoms with Crippen molar-refractivity contribution in [1.29, 1.82) is 0 Å². The van der Waals surface area contributed by atoms with Gasteiger partial charge < -0.3 is 10.1 Å².